The van der Waals surface area contributed by atoms with Gasteiger partial charge in [-0.15, -0.1) is 0 Å². The summed E-state index contributed by atoms with van der Waals surface area (Å²) in [5.74, 6) is -0.0837. The van der Waals surface area contributed by atoms with Gasteiger partial charge >= 0.3 is 6.03 Å². The Morgan fingerprint density at radius 1 is 1.14 bits per heavy atom. The lowest BCUT2D eigenvalue weighted by Gasteiger charge is -2.29. The highest BCUT2D eigenvalue weighted by atomic mass is 16.5. The number of phenolic OH excluding ortho intramolecular Hbond substituents is 1. The van der Waals surface area contributed by atoms with Crippen molar-refractivity contribution in [1.29, 1.82) is 0 Å². The number of hydrogen-bond donors (Lipinski definition) is 4. The highest BCUT2D eigenvalue weighted by Crippen LogP contribution is 2.34. The summed E-state index contributed by atoms with van der Waals surface area (Å²) >= 11 is 0. The van der Waals surface area contributed by atoms with E-state index in [2.05, 4.69) is 16.0 Å². The number of aromatic hydroxyl groups is 1. The molecule has 0 radical (unpaired) electrons. The van der Waals surface area contributed by atoms with Gasteiger partial charge in [-0.3, -0.25) is 4.79 Å². The van der Waals surface area contributed by atoms with Crippen molar-refractivity contribution in [3.63, 3.8) is 0 Å². The van der Waals surface area contributed by atoms with Gasteiger partial charge < -0.3 is 25.8 Å². The molecule has 0 aliphatic carbocycles. The second kappa shape index (κ2) is 7.64. The van der Waals surface area contributed by atoms with Crippen molar-refractivity contribution in [2.75, 3.05) is 12.4 Å². The normalized spacial score (nSPS) is 16.3. The summed E-state index contributed by atoms with van der Waals surface area (Å²) in [7, 11) is 1.44. The van der Waals surface area contributed by atoms with Crippen LogP contribution in [0.15, 0.2) is 47.7 Å². The number of ether oxygens (including phenoxy) is 1. The zero-order valence-electron chi connectivity index (χ0n) is 16.2. The van der Waals surface area contributed by atoms with Crippen LogP contribution in [0.3, 0.4) is 0 Å². The molecule has 0 bridgehead atoms. The number of amides is 3. The first-order valence-corrected chi connectivity index (χ1v) is 8.84. The third-order valence-electron chi connectivity index (χ3n) is 4.68. The number of carbonyl (C=O) groups is 2. The molecule has 0 fully saturated rings. The van der Waals surface area contributed by atoms with Crippen LogP contribution in [0.2, 0.25) is 0 Å². The number of carbonyl (C=O) groups excluding carboxylic acids is 2. The predicted octanol–water partition coefficient (Wildman–Crippen LogP) is 3.28. The Hall–Kier alpha value is -3.48. The van der Waals surface area contributed by atoms with Gasteiger partial charge in [0, 0.05) is 11.4 Å². The number of allylic oxidation sites excluding steroid dienone is 1. The fourth-order valence-corrected chi connectivity index (χ4v) is 3.26. The third kappa shape index (κ3) is 3.78. The van der Waals surface area contributed by atoms with E-state index in [0.29, 0.717) is 22.5 Å². The first-order chi connectivity index (χ1) is 13.3. The number of phenols is 1. The summed E-state index contributed by atoms with van der Waals surface area (Å²) in [6.07, 6.45) is 0. The van der Waals surface area contributed by atoms with Gasteiger partial charge in [-0.1, -0.05) is 23.8 Å². The molecule has 7 heteroatoms. The standard InChI is InChI=1S/C21H23N3O4/c1-11-5-7-15(12(2)9-11)23-20(26)18-13(3)22-21(27)24-19(18)14-6-8-16(25)17(10-14)28-4/h5-10,19,25H,1-4H3,(H,23,26)(H2,22,24,27)/t19-/m0/s1. The number of rotatable bonds is 4. The summed E-state index contributed by atoms with van der Waals surface area (Å²) in [5, 5.41) is 18.2. The van der Waals surface area contributed by atoms with Gasteiger partial charge in [-0.2, -0.15) is 0 Å². The van der Waals surface area contributed by atoms with E-state index in [0.717, 1.165) is 11.1 Å². The highest BCUT2D eigenvalue weighted by Gasteiger charge is 2.31. The molecule has 0 aromatic heterocycles. The molecule has 146 valence electrons. The van der Waals surface area contributed by atoms with Crippen molar-refractivity contribution in [3.8, 4) is 11.5 Å². The van der Waals surface area contributed by atoms with Crippen LogP contribution in [0.1, 0.15) is 29.7 Å². The Kier molecular flexibility index (Phi) is 5.26. The summed E-state index contributed by atoms with van der Waals surface area (Å²) < 4.78 is 5.15. The summed E-state index contributed by atoms with van der Waals surface area (Å²) in [4.78, 5) is 25.1. The smallest absolute Gasteiger partial charge is 0.319 e. The van der Waals surface area contributed by atoms with Crippen molar-refractivity contribution in [2.45, 2.75) is 26.8 Å². The maximum atomic E-state index is 13.1. The minimum Gasteiger partial charge on any atom is -0.504 e. The van der Waals surface area contributed by atoms with Gasteiger partial charge in [0.1, 0.15) is 0 Å². The number of anilines is 1. The lowest BCUT2D eigenvalue weighted by Crippen LogP contribution is -2.46. The van der Waals surface area contributed by atoms with Crippen molar-refractivity contribution in [1.82, 2.24) is 10.6 Å². The van der Waals surface area contributed by atoms with Crippen LogP contribution in [0.4, 0.5) is 10.5 Å². The number of methoxy groups -OCH3 is 1. The molecule has 1 heterocycles. The van der Waals surface area contributed by atoms with Gasteiger partial charge in [-0.25, -0.2) is 4.79 Å². The Morgan fingerprint density at radius 3 is 2.57 bits per heavy atom. The number of benzene rings is 2. The quantitative estimate of drug-likeness (QED) is 0.653. The molecule has 1 atom stereocenters. The zero-order chi connectivity index (χ0) is 20.4. The minimum absolute atomic E-state index is 0.0199. The molecule has 3 amide bonds. The maximum absolute atomic E-state index is 13.1. The molecule has 3 rings (SSSR count). The average Bonchev–Trinajstić information content (AvgIpc) is 2.63. The van der Waals surface area contributed by atoms with Crippen LogP contribution < -0.4 is 20.7 Å². The van der Waals surface area contributed by atoms with Gasteiger partial charge in [0.2, 0.25) is 0 Å². The lowest BCUT2D eigenvalue weighted by molar-refractivity contribution is -0.113. The number of hydrogen-bond acceptors (Lipinski definition) is 4. The van der Waals surface area contributed by atoms with Gasteiger partial charge in [0.15, 0.2) is 11.5 Å². The number of urea groups is 1. The van der Waals surface area contributed by atoms with E-state index in [1.54, 1.807) is 19.1 Å². The lowest BCUT2D eigenvalue weighted by atomic mass is 9.94. The largest absolute Gasteiger partial charge is 0.504 e. The predicted molar refractivity (Wildman–Crippen MR) is 106 cm³/mol. The molecule has 7 nitrogen and oxygen atoms in total. The van der Waals surface area contributed by atoms with Crippen LogP contribution in [-0.2, 0) is 4.79 Å². The summed E-state index contributed by atoms with van der Waals surface area (Å²) in [5.41, 5.74) is 4.22. The van der Waals surface area contributed by atoms with Crippen molar-refractivity contribution in [3.05, 3.63) is 64.4 Å². The molecule has 2 aromatic rings. The van der Waals surface area contributed by atoms with E-state index in [1.807, 2.05) is 32.0 Å². The molecule has 0 saturated carbocycles. The molecule has 2 aromatic carbocycles. The molecule has 1 aliphatic heterocycles. The Balaban J connectivity index is 1.98. The highest BCUT2D eigenvalue weighted by molar-refractivity contribution is 6.07. The van der Waals surface area contributed by atoms with Crippen LogP contribution in [0.5, 0.6) is 11.5 Å². The zero-order valence-corrected chi connectivity index (χ0v) is 16.2. The van der Waals surface area contributed by atoms with Crippen LogP contribution in [0.25, 0.3) is 0 Å². The first kappa shape index (κ1) is 19.3. The van der Waals surface area contributed by atoms with Crippen LogP contribution >= 0.6 is 0 Å². The summed E-state index contributed by atoms with van der Waals surface area (Å²) in [6, 6.07) is 9.39. The van der Waals surface area contributed by atoms with Gasteiger partial charge in [0.05, 0.1) is 18.7 Å². The van der Waals surface area contributed by atoms with E-state index in [4.69, 9.17) is 4.74 Å². The topological polar surface area (TPSA) is 99.7 Å². The van der Waals surface area contributed by atoms with Crippen molar-refractivity contribution >= 4 is 17.6 Å². The molecule has 28 heavy (non-hydrogen) atoms. The second-order valence-electron chi connectivity index (χ2n) is 6.77. The molecular formula is C21H23N3O4. The molecule has 0 spiro atoms. The Morgan fingerprint density at radius 2 is 1.89 bits per heavy atom. The fraction of sp³-hybridized carbons (Fsp3) is 0.238. The minimum atomic E-state index is -0.686. The molecule has 4 N–H and O–H groups in total. The van der Waals surface area contributed by atoms with Gasteiger partial charge in [-0.05, 0) is 50.1 Å². The van der Waals surface area contributed by atoms with E-state index < -0.39 is 12.1 Å². The molecule has 0 unspecified atom stereocenters. The Bertz CT molecular complexity index is 982. The van der Waals surface area contributed by atoms with Crippen molar-refractivity contribution in [2.24, 2.45) is 0 Å². The Labute approximate surface area is 163 Å². The molecule has 0 saturated heterocycles. The molecule has 1 aliphatic rings. The monoisotopic (exact) mass is 381 g/mol. The molecular weight excluding hydrogens is 358 g/mol. The van der Waals surface area contributed by atoms with Crippen LogP contribution in [-0.4, -0.2) is 24.2 Å². The number of nitrogens with one attached hydrogen (secondary N) is 3. The summed E-state index contributed by atoms with van der Waals surface area (Å²) in [6.45, 7) is 5.59. The van der Waals surface area contributed by atoms with E-state index in [9.17, 15) is 14.7 Å². The SMILES string of the molecule is COc1cc([C@@H]2NC(=O)NC(C)=C2C(=O)Nc2ccc(C)cc2C)ccc1O. The van der Waals surface area contributed by atoms with E-state index in [1.165, 1.54) is 13.2 Å². The van der Waals surface area contributed by atoms with Crippen molar-refractivity contribution < 1.29 is 19.4 Å². The average molecular weight is 381 g/mol. The number of aryl methyl sites for hydroxylation is 2. The maximum Gasteiger partial charge on any atom is 0.319 e. The third-order valence-corrected chi connectivity index (χ3v) is 4.68. The van der Waals surface area contributed by atoms with E-state index >= 15 is 0 Å². The fourth-order valence-electron chi connectivity index (χ4n) is 3.26. The van der Waals surface area contributed by atoms with Gasteiger partial charge in [0.25, 0.3) is 5.91 Å². The van der Waals surface area contributed by atoms with Crippen LogP contribution in [0, 0.1) is 13.8 Å². The van der Waals surface area contributed by atoms with E-state index in [-0.39, 0.29) is 17.4 Å². The second-order valence-corrected chi connectivity index (χ2v) is 6.77. The first-order valence-electron chi connectivity index (χ1n) is 8.84.